The van der Waals surface area contributed by atoms with Crippen LogP contribution in [0, 0.1) is 0 Å². The van der Waals surface area contributed by atoms with E-state index in [-0.39, 0.29) is 12.5 Å². The lowest BCUT2D eigenvalue weighted by molar-refractivity contribution is -0.143. The summed E-state index contributed by atoms with van der Waals surface area (Å²) in [5.41, 5.74) is 0.983. The van der Waals surface area contributed by atoms with Crippen molar-refractivity contribution in [1.82, 2.24) is 9.88 Å². The van der Waals surface area contributed by atoms with E-state index >= 15 is 0 Å². The number of hydrogen-bond acceptors (Lipinski definition) is 5. The van der Waals surface area contributed by atoms with Gasteiger partial charge in [-0.15, -0.1) is 0 Å². The first-order valence-corrected chi connectivity index (χ1v) is 10.4. The van der Waals surface area contributed by atoms with E-state index in [1.807, 2.05) is 30.3 Å². The summed E-state index contributed by atoms with van der Waals surface area (Å²) in [6.45, 7) is 3.36. The third-order valence-corrected chi connectivity index (χ3v) is 6.24. The van der Waals surface area contributed by atoms with E-state index in [1.54, 1.807) is 17.3 Å². The summed E-state index contributed by atoms with van der Waals surface area (Å²) in [4.78, 5) is 33.3. The molecule has 0 radical (unpaired) electrons. The van der Waals surface area contributed by atoms with Crippen LogP contribution in [-0.2, 0) is 14.9 Å². The highest BCUT2D eigenvalue weighted by Crippen LogP contribution is 2.36. The lowest BCUT2D eigenvalue weighted by Gasteiger charge is -2.29. The summed E-state index contributed by atoms with van der Waals surface area (Å²) in [6, 6.07) is 9.13. The second-order valence-electron chi connectivity index (χ2n) is 7.40. The molecule has 3 heterocycles. The molecule has 1 aromatic heterocycles. The first kappa shape index (κ1) is 19.8. The standard InChI is InChI=1S/C21H22BrN3O4/c22-17-3-1-16(2-4-17)21(20(27)28)5-6-25(14-21)19(26)15-11-18(13-23-12-15)24-7-9-29-10-8-24/h1-4,11-13H,5-10,14H2,(H,27,28). The van der Waals surface area contributed by atoms with Gasteiger partial charge in [0.25, 0.3) is 5.91 Å². The summed E-state index contributed by atoms with van der Waals surface area (Å²) in [7, 11) is 0. The molecule has 4 rings (SSSR count). The minimum absolute atomic E-state index is 0.143. The Morgan fingerprint density at radius 1 is 1.10 bits per heavy atom. The van der Waals surface area contributed by atoms with Crippen LogP contribution < -0.4 is 4.90 Å². The molecule has 2 aliphatic rings. The van der Waals surface area contributed by atoms with E-state index in [4.69, 9.17) is 4.74 Å². The summed E-state index contributed by atoms with van der Waals surface area (Å²) in [5.74, 6) is -1.09. The van der Waals surface area contributed by atoms with Crippen LogP contribution in [0.15, 0.2) is 47.2 Å². The monoisotopic (exact) mass is 459 g/mol. The Kier molecular flexibility index (Phi) is 5.56. The largest absolute Gasteiger partial charge is 0.481 e. The smallest absolute Gasteiger partial charge is 0.316 e. The third kappa shape index (κ3) is 3.86. The second-order valence-corrected chi connectivity index (χ2v) is 8.32. The van der Waals surface area contributed by atoms with Crippen molar-refractivity contribution in [3.8, 4) is 0 Å². The molecule has 2 fully saturated rings. The zero-order valence-electron chi connectivity index (χ0n) is 15.9. The van der Waals surface area contributed by atoms with E-state index in [2.05, 4.69) is 25.8 Å². The van der Waals surface area contributed by atoms with Crippen LogP contribution in [0.3, 0.4) is 0 Å². The topological polar surface area (TPSA) is 83.0 Å². The second kappa shape index (κ2) is 8.12. The Morgan fingerprint density at radius 3 is 2.52 bits per heavy atom. The first-order valence-electron chi connectivity index (χ1n) is 9.56. The van der Waals surface area contributed by atoms with Gasteiger partial charge in [0, 0.05) is 36.8 Å². The Labute approximate surface area is 177 Å². The number of likely N-dealkylation sites (tertiary alicyclic amines) is 1. The zero-order chi connectivity index (χ0) is 20.4. The number of nitrogens with zero attached hydrogens (tertiary/aromatic N) is 3. The SMILES string of the molecule is O=C(c1cncc(N2CCOCC2)c1)N1CCC(C(=O)O)(c2ccc(Br)cc2)C1. The molecule has 2 aromatic rings. The lowest BCUT2D eigenvalue weighted by Crippen LogP contribution is -2.40. The summed E-state index contributed by atoms with van der Waals surface area (Å²) in [6.07, 6.45) is 3.68. The number of aliphatic carboxylic acids is 1. The molecule has 2 saturated heterocycles. The number of carboxylic acid groups (broad SMARTS) is 1. The van der Waals surface area contributed by atoms with Crippen molar-refractivity contribution in [3.63, 3.8) is 0 Å². The van der Waals surface area contributed by atoms with Crippen LogP contribution >= 0.6 is 15.9 Å². The van der Waals surface area contributed by atoms with E-state index in [9.17, 15) is 14.7 Å². The van der Waals surface area contributed by atoms with Gasteiger partial charge in [-0.3, -0.25) is 14.6 Å². The number of carbonyl (C=O) groups excluding carboxylic acids is 1. The van der Waals surface area contributed by atoms with E-state index in [0.29, 0.717) is 37.3 Å². The first-order chi connectivity index (χ1) is 14.0. The number of hydrogen-bond donors (Lipinski definition) is 1. The van der Waals surface area contributed by atoms with Gasteiger partial charge in [0.2, 0.25) is 0 Å². The molecule has 1 unspecified atom stereocenters. The fourth-order valence-corrected chi connectivity index (χ4v) is 4.27. The highest BCUT2D eigenvalue weighted by atomic mass is 79.9. The van der Waals surface area contributed by atoms with Gasteiger partial charge in [-0.25, -0.2) is 0 Å². The molecule has 0 aliphatic carbocycles. The third-order valence-electron chi connectivity index (χ3n) is 5.71. The molecular weight excluding hydrogens is 438 g/mol. The molecule has 1 amide bonds. The van der Waals surface area contributed by atoms with E-state index in [0.717, 1.165) is 23.2 Å². The number of carboxylic acids is 1. The number of carbonyl (C=O) groups is 2. The molecule has 2 aliphatic heterocycles. The maximum atomic E-state index is 13.1. The number of morpholine rings is 1. The van der Waals surface area contributed by atoms with E-state index in [1.165, 1.54) is 0 Å². The summed E-state index contributed by atoms with van der Waals surface area (Å²) < 4.78 is 6.27. The van der Waals surface area contributed by atoms with Crippen molar-refractivity contribution in [2.24, 2.45) is 0 Å². The van der Waals surface area contributed by atoms with Gasteiger partial charge in [-0.05, 0) is 30.2 Å². The van der Waals surface area contributed by atoms with Gasteiger partial charge in [-0.2, -0.15) is 0 Å². The van der Waals surface area contributed by atoms with Crippen molar-refractivity contribution in [3.05, 3.63) is 58.3 Å². The number of pyridine rings is 1. The predicted molar refractivity (Wildman–Crippen MR) is 111 cm³/mol. The summed E-state index contributed by atoms with van der Waals surface area (Å²) in [5, 5.41) is 9.99. The molecule has 0 spiro atoms. The Balaban J connectivity index is 1.56. The normalized spacial score (nSPS) is 22.0. The van der Waals surface area contributed by atoms with Crippen molar-refractivity contribution < 1.29 is 19.4 Å². The maximum absolute atomic E-state index is 13.1. The number of anilines is 1. The molecule has 1 atom stereocenters. The highest BCUT2D eigenvalue weighted by Gasteiger charge is 2.47. The van der Waals surface area contributed by atoms with Crippen LogP contribution in [0.25, 0.3) is 0 Å². The van der Waals surface area contributed by atoms with Crippen LogP contribution in [-0.4, -0.2) is 66.3 Å². The molecule has 29 heavy (non-hydrogen) atoms. The lowest BCUT2D eigenvalue weighted by atomic mass is 9.80. The highest BCUT2D eigenvalue weighted by molar-refractivity contribution is 9.10. The average Bonchev–Trinajstić information content (AvgIpc) is 3.21. The number of halogens is 1. The molecule has 1 aromatic carbocycles. The minimum Gasteiger partial charge on any atom is -0.481 e. The van der Waals surface area contributed by atoms with Gasteiger partial charge in [-0.1, -0.05) is 28.1 Å². The average molecular weight is 460 g/mol. The summed E-state index contributed by atoms with van der Waals surface area (Å²) >= 11 is 3.38. The van der Waals surface area contributed by atoms with Crippen LogP contribution in [0.2, 0.25) is 0 Å². The van der Waals surface area contributed by atoms with Gasteiger partial charge in [0.05, 0.1) is 30.7 Å². The minimum atomic E-state index is -1.09. The van der Waals surface area contributed by atoms with Gasteiger partial charge in [0.15, 0.2) is 0 Å². The van der Waals surface area contributed by atoms with Gasteiger partial charge < -0.3 is 19.6 Å². The number of rotatable bonds is 4. The van der Waals surface area contributed by atoms with Gasteiger partial charge in [0.1, 0.15) is 5.41 Å². The molecule has 0 saturated carbocycles. The van der Waals surface area contributed by atoms with Crippen molar-refractivity contribution in [1.29, 1.82) is 0 Å². The van der Waals surface area contributed by atoms with E-state index < -0.39 is 11.4 Å². The molecule has 0 bridgehead atoms. The quantitative estimate of drug-likeness (QED) is 0.756. The van der Waals surface area contributed by atoms with Crippen molar-refractivity contribution >= 4 is 33.5 Å². The molecule has 7 nitrogen and oxygen atoms in total. The number of benzene rings is 1. The fourth-order valence-electron chi connectivity index (χ4n) is 4.01. The van der Waals surface area contributed by atoms with Crippen LogP contribution in [0.4, 0.5) is 5.69 Å². The van der Waals surface area contributed by atoms with Crippen LogP contribution in [0.5, 0.6) is 0 Å². The van der Waals surface area contributed by atoms with Crippen LogP contribution in [0.1, 0.15) is 22.3 Å². The van der Waals surface area contributed by atoms with Crippen molar-refractivity contribution in [2.75, 3.05) is 44.3 Å². The molecule has 8 heteroatoms. The molecular formula is C21H22BrN3O4. The number of ether oxygens (including phenoxy) is 1. The maximum Gasteiger partial charge on any atom is 0.316 e. The molecule has 152 valence electrons. The number of amides is 1. The Morgan fingerprint density at radius 2 is 1.83 bits per heavy atom. The zero-order valence-corrected chi connectivity index (χ0v) is 17.5. The molecule has 1 N–H and O–H groups in total. The fraction of sp³-hybridized carbons (Fsp3) is 0.381. The van der Waals surface area contributed by atoms with Gasteiger partial charge >= 0.3 is 5.97 Å². The van der Waals surface area contributed by atoms with Crippen molar-refractivity contribution in [2.45, 2.75) is 11.8 Å². The predicted octanol–water partition coefficient (Wildman–Crippen LogP) is 2.55. The number of aromatic nitrogens is 1. The Bertz CT molecular complexity index is 914. The Hall–Kier alpha value is -2.45.